The van der Waals surface area contributed by atoms with Crippen molar-refractivity contribution in [3.8, 4) is 28.6 Å². The number of ether oxygens (including phenoxy) is 2. The van der Waals surface area contributed by atoms with Gasteiger partial charge in [-0.25, -0.2) is 5.10 Å². The highest BCUT2D eigenvalue weighted by Gasteiger charge is 2.14. The number of hydrogen-bond donors (Lipinski definition) is 2. The fraction of sp³-hybridized carbons (Fsp3) is 0.167. The molecule has 0 radical (unpaired) electrons. The maximum Gasteiger partial charge on any atom is 0.216 e. The van der Waals surface area contributed by atoms with Crippen LogP contribution in [0.4, 0.5) is 0 Å². The monoisotopic (exact) mass is 448 g/mol. The third-order valence-corrected chi connectivity index (χ3v) is 4.40. The summed E-state index contributed by atoms with van der Waals surface area (Å²) in [7, 11) is 1.48. The predicted octanol–water partition coefficient (Wildman–Crippen LogP) is 4.37. The Bertz CT molecular complexity index is 1050. The second-order valence-corrected chi connectivity index (χ2v) is 6.69. The molecule has 0 unspecified atom stereocenters. The molecule has 3 aromatic rings. The second kappa shape index (κ2) is 8.36. The molecule has 2 N–H and O–H groups in total. The summed E-state index contributed by atoms with van der Waals surface area (Å²) in [6, 6.07) is 10.9. The zero-order valence-corrected chi connectivity index (χ0v) is 17.0. The average Bonchev–Trinajstić information content (AvgIpc) is 3.03. The van der Waals surface area contributed by atoms with Crippen LogP contribution in [-0.2, 0) is 0 Å². The van der Waals surface area contributed by atoms with E-state index in [9.17, 15) is 5.11 Å². The van der Waals surface area contributed by atoms with E-state index in [4.69, 9.17) is 21.7 Å². The largest absolute Gasteiger partial charge is 0.504 e. The molecule has 1 aromatic heterocycles. The SMILES string of the molecule is CCOc1ccccc1-c1n[nH]c(=S)n1/N=C\c1cc(Br)cc(OC)c1O. The van der Waals surface area contributed by atoms with Crippen molar-refractivity contribution in [1.82, 2.24) is 14.9 Å². The Kier molecular flexibility index (Phi) is 5.92. The van der Waals surface area contributed by atoms with Gasteiger partial charge in [0.2, 0.25) is 4.77 Å². The molecule has 0 fully saturated rings. The highest BCUT2D eigenvalue weighted by Crippen LogP contribution is 2.33. The van der Waals surface area contributed by atoms with E-state index < -0.39 is 0 Å². The van der Waals surface area contributed by atoms with Crippen LogP contribution in [0.15, 0.2) is 46.0 Å². The van der Waals surface area contributed by atoms with Crippen molar-refractivity contribution in [3.63, 3.8) is 0 Å². The normalized spacial score (nSPS) is 11.1. The third kappa shape index (κ3) is 4.04. The maximum absolute atomic E-state index is 10.3. The maximum atomic E-state index is 10.3. The summed E-state index contributed by atoms with van der Waals surface area (Å²) >= 11 is 8.68. The van der Waals surface area contributed by atoms with Gasteiger partial charge in [-0.2, -0.15) is 14.9 Å². The van der Waals surface area contributed by atoms with Gasteiger partial charge < -0.3 is 14.6 Å². The number of aromatic amines is 1. The number of aromatic nitrogens is 3. The summed E-state index contributed by atoms with van der Waals surface area (Å²) in [6.07, 6.45) is 1.49. The Balaban J connectivity index is 2.06. The van der Waals surface area contributed by atoms with Crippen LogP contribution < -0.4 is 9.47 Å². The Labute approximate surface area is 169 Å². The fourth-order valence-electron chi connectivity index (χ4n) is 2.47. The van der Waals surface area contributed by atoms with Crippen molar-refractivity contribution < 1.29 is 14.6 Å². The standard InChI is InChI=1S/C18H17BrN4O3S/c1-3-26-14-7-5-4-6-13(14)17-21-22-18(27)23(17)20-10-11-8-12(19)9-15(25-2)16(11)24/h4-10,24H,3H2,1-2H3,(H,22,27)/b20-10-. The number of nitrogens with one attached hydrogen (secondary N) is 1. The lowest BCUT2D eigenvalue weighted by Gasteiger charge is -2.09. The number of methoxy groups -OCH3 is 1. The van der Waals surface area contributed by atoms with E-state index in [1.54, 1.807) is 12.1 Å². The minimum absolute atomic E-state index is 0.0178. The lowest BCUT2D eigenvalue weighted by atomic mass is 10.2. The lowest BCUT2D eigenvalue weighted by Crippen LogP contribution is -1.99. The van der Waals surface area contributed by atoms with Gasteiger partial charge in [-0.3, -0.25) is 0 Å². The highest BCUT2D eigenvalue weighted by atomic mass is 79.9. The molecule has 0 bridgehead atoms. The van der Waals surface area contributed by atoms with Gasteiger partial charge in [0.25, 0.3) is 0 Å². The van der Waals surface area contributed by atoms with Crippen LogP contribution >= 0.6 is 28.1 Å². The summed E-state index contributed by atoms with van der Waals surface area (Å²) in [4.78, 5) is 0. The Morgan fingerprint density at radius 1 is 1.33 bits per heavy atom. The molecule has 0 spiro atoms. The van der Waals surface area contributed by atoms with Crippen molar-refractivity contribution in [3.05, 3.63) is 51.2 Å². The number of benzene rings is 2. The van der Waals surface area contributed by atoms with Gasteiger partial charge >= 0.3 is 0 Å². The summed E-state index contributed by atoms with van der Waals surface area (Å²) < 4.78 is 13.4. The first-order valence-corrected chi connectivity index (χ1v) is 9.25. The van der Waals surface area contributed by atoms with Crippen LogP contribution in [-0.4, -0.2) is 39.9 Å². The molecule has 0 aliphatic heterocycles. The van der Waals surface area contributed by atoms with Crippen molar-refractivity contribution in [1.29, 1.82) is 0 Å². The Hall–Kier alpha value is -2.65. The Morgan fingerprint density at radius 3 is 2.85 bits per heavy atom. The smallest absolute Gasteiger partial charge is 0.216 e. The van der Waals surface area contributed by atoms with Gasteiger partial charge in [-0.05, 0) is 43.4 Å². The first kappa shape index (κ1) is 19.1. The van der Waals surface area contributed by atoms with E-state index in [2.05, 4.69) is 31.2 Å². The number of halogens is 1. The number of phenols is 1. The van der Waals surface area contributed by atoms with Gasteiger partial charge in [0, 0.05) is 10.0 Å². The first-order valence-electron chi connectivity index (χ1n) is 8.05. The molecule has 27 heavy (non-hydrogen) atoms. The minimum Gasteiger partial charge on any atom is -0.504 e. The van der Waals surface area contributed by atoms with Crippen molar-refractivity contribution in [2.24, 2.45) is 5.10 Å². The molecule has 0 saturated heterocycles. The number of nitrogens with zero attached hydrogens (tertiary/aromatic N) is 3. The molecule has 0 atom stereocenters. The van der Waals surface area contributed by atoms with Gasteiger partial charge in [-0.1, -0.05) is 28.1 Å². The molecule has 7 nitrogen and oxygen atoms in total. The van der Waals surface area contributed by atoms with Crippen LogP contribution in [0.3, 0.4) is 0 Å². The number of hydrogen-bond acceptors (Lipinski definition) is 6. The summed E-state index contributed by atoms with van der Waals surface area (Å²) in [5.41, 5.74) is 1.22. The topological polar surface area (TPSA) is 84.7 Å². The summed E-state index contributed by atoms with van der Waals surface area (Å²) in [5, 5.41) is 21.7. The van der Waals surface area contributed by atoms with Crippen molar-refractivity contribution in [2.75, 3.05) is 13.7 Å². The molecular weight excluding hydrogens is 432 g/mol. The second-order valence-electron chi connectivity index (χ2n) is 5.38. The number of phenolic OH excluding ortho intramolecular Hbond substituents is 1. The molecule has 0 aliphatic rings. The van der Waals surface area contributed by atoms with Crippen LogP contribution in [0.5, 0.6) is 17.2 Å². The van der Waals surface area contributed by atoms with Crippen LogP contribution in [0.2, 0.25) is 0 Å². The van der Waals surface area contributed by atoms with Gasteiger partial charge in [-0.15, -0.1) is 0 Å². The molecule has 140 valence electrons. The fourth-order valence-corrected chi connectivity index (χ4v) is 3.11. The lowest BCUT2D eigenvalue weighted by molar-refractivity contribution is 0.341. The van der Waals surface area contributed by atoms with Crippen LogP contribution in [0.25, 0.3) is 11.4 Å². The molecule has 0 amide bonds. The molecule has 1 heterocycles. The number of rotatable bonds is 6. The molecule has 3 rings (SSSR count). The van der Waals surface area contributed by atoms with E-state index in [0.717, 1.165) is 10.0 Å². The molecule has 9 heteroatoms. The first-order chi connectivity index (χ1) is 13.0. The molecule has 0 saturated carbocycles. The van der Waals surface area contributed by atoms with Gasteiger partial charge in [0.15, 0.2) is 17.3 Å². The molecule has 0 aliphatic carbocycles. The van der Waals surface area contributed by atoms with E-state index in [1.165, 1.54) is 18.0 Å². The summed E-state index contributed by atoms with van der Waals surface area (Å²) in [5.74, 6) is 1.50. The van der Waals surface area contributed by atoms with Crippen LogP contribution in [0.1, 0.15) is 12.5 Å². The van der Waals surface area contributed by atoms with E-state index >= 15 is 0 Å². The van der Waals surface area contributed by atoms with Crippen molar-refractivity contribution in [2.45, 2.75) is 6.92 Å². The highest BCUT2D eigenvalue weighted by molar-refractivity contribution is 9.10. The average molecular weight is 449 g/mol. The van der Waals surface area contributed by atoms with Crippen LogP contribution in [0, 0.1) is 4.77 Å². The van der Waals surface area contributed by atoms with E-state index in [-0.39, 0.29) is 5.75 Å². The zero-order valence-electron chi connectivity index (χ0n) is 14.6. The number of para-hydroxylation sites is 1. The zero-order chi connectivity index (χ0) is 19.4. The molecular formula is C18H17BrN4O3S. The van der Waals surface area contributed by atoms with Gasteiger partial charge in [0.05, 0.1) is 25.5 Å². The third-order valence-electron chi connectivity index (χ3n) is 3.68. The minimum atomic E-state index is -0.0178. The quantitative estimate of drug-likeness (QED) is 0.432. The Morgan fingerprint density at radius 2 is 2.11 bits per heavy atom. The summed E-state index contributed by atoms with van der Waals surface area (Å²) in [6.45, 7) is 2.44. The number of H-pyrrole nitrogens is 1. The van der Waals surface area contributed by atoms with Gasteiger partial charge in [0.1, 0.15) is 5.75 Å². The number of aromatic hydroxyl groups is 1. The van der Waals surface area contributed by atoms with E-state index in [1.807, 2.05) is 31.2 Å². The van der Waals surface area contributed by atoms with Crippen molar-refractivity contribution >= 4 is 34.4 Å². The predicted molar refractivity (Wildman–Crippen MR) is 109 cm³/mol. The van der Waals surface area contributed by atoms with E-state index in [0.29, 0.717) is 34.3 Å². The molecule has 2 aromatic carbocycles.